The standard InChI is InChI=1S/C19H15N3O3S/c20-19(24)18-15(25-11-12-5-1-2-6-14(12)23)9-16(26-18)13-10-21-17-7-3-4-8-22(13)17/h1-10,23H,11H2,(H2,20,24). The van der Waals surface area contributed by atoms with Gasteiger partial charge in [0.1, 0.15) is 28.6 Å². The van der Waals surface area contributed by atoms with Gasteiger partial charge in [-0.1, -0.05) is 24.3 Å². The van der Waals surface area contributed by atoms with Crippen LogP contribution in [0.25, 0.3) is 16.2 Å². The number of amides is 1. The maximum Gasteiger partial charge on any atom is 0.262 e. The molecule has 0 atom stereocenters. The van der Waals surface area contributed by atoms with Gasteiger partial charge in [-0.25, -0.2) is 4.98 Å². The zero-order valence-corrected chi connectivity index (χ0v) is 14.4. The van der Waals surface area contributed by atoms with Crippen molar-refractivity contribution < 1.29 is 14.6 Å². The van der Waals surface area contributed by atoms with Gasteiger partial charge < -0.3 is 15.6 Å². The molecule has 4 rings (SSSR count). The van der Waals surface area contributed by atoms with E-state index >= 15 is 0 Å². The van der Waals surface area contributed by atoms with Crippen molar-refractivity contribution in [3.8, 4) is 22.1 Å². The highest BCUT2D eigenvalue weighted by atomic mass is 32.1. The number of phenolic OH excluding ortho intramolecular Hbond substituents is 1. The van der Waals surface area contributed by atoms with Crippen molar-refractivity contribution in [2.75, 3.05) is 0 Å². The zero-order chi connectivity index (χ0) is 18.1. The maximum absolute atomic E-state index is 11.8. The average Bonchev–Trinajstić information content (AvgIpc) is 3.25. The molecule has 0 saturated carbocycles. The number of aromatic nitrogens is 2. The molecule has 0 spiro atoms. The molecule has 1 aromatic carbocycles. The predicted octanol–water partition coefficient (Wildman–Crippen LogP) is 3.45. The summed E-state index contributed by atoms with van der Waals surface area (Å²) in [6.07, 6.45) is 3.66. The number of thiophene rings is 1. The number of benzene rings is 1. The molecule has 7 heteroatoms. The Kier molecular flexibility index (Phi) is 4.06. The molecule has 6 nitrogen and oxygen atoms in total. The fourth-order valence-corrected chi connectivity index (χ4v) is 3.64. The van der Waals surface area contributed by atoms with Crippen molar-refractivity contribution in [3.63, 3.8) is 0 Å². The second-order valence-electron chi connectivity index (χ2n) is 5.66. The van der Waals surface area contributed by atoms with Gasteiger partial charge in [-0.05, 0) is 18.2 Å². The highest BCUT2D eigenvalue weighted by Gasteiger charge is 2.18. The second-order valence-corrected chi connectivity index (χ2v) is 6.71. The molecule has 0 aliphatic carbocycles. The highest BCUT2D eigenvalue weighted by Crippen LogP contribution is 2.37. The van der Waals surface area contributed by atoms with E-state index in [0.717, 1.165) is 16.2 Å². The van der Waals surface area contributed by atoms with E-state index in [4.69, 9.17) is 10.5 Å². The molecule has 4 aromatic rings. The summed E-state index contributed by atoms with van der Waals surface area (Å²) in [6.45, 7) is 0.135. The number of fused-ring (bicyclic) bond motifs is 1. The molecule has 0 radical (unpaired) electrons. The van der Waals surface area contributed by atoms with E-state index in [1.165, 1.54) is 11.3 Å². The minimum atomic E-state index is -0.553. The lowest BCUT2D eigenvalue weighted by atomic mass is 10.2. The Balaban J connectivity index is 1.69. The molecule has 0 unspecified atom stereocenters. The van der Waals surface area contributed by atoms with Gasteiger partial charge >= 0.3 is 0 Å². The number of phenols is 1. The smallest absolute Gasteiger partial charge is 0.262 e. The van der Waals surface area contributed by atoms with Gasteiger partial charge in [0, 0.05) is 17.8 Å². The van der Waals surface area contributed by atoms with E-state index in [9.17, 15) is 9.90 Å². The number of carbonyl (C=O) groups excluding carboxylic acids is 1. The van der Waals surface area contributed by atoms with Gasteiger partial charge in [-0.15, -0.1) is 11.3 Å². The quantitative estimate of drug-likeness (QED) is 0.567. The van der Waals surface area contributed by atoms with Gasteiger partial charge in [0.2, 0.25) is 0 Å². The summed E-state index contributed by atoms with van der Waals surface area (Å²) in [5, 5.41) is 9.86. The Labute approximate surface area is 153 Å². The van der Waals surface area contributed by atoms with Crippen LogP contribution in [0.2, 0.25) is 0 Å². The normalized spacial score (nSPS) is 10.9. The van der Waals surface area contributed by atoms with Gasteiger partial charge in [0.05, 0.1) is 16.8 Å². The summed E-state index contributed by atoms with van der Waals surface area (Å²) in [5.41, 5.74) is 7.81. The van der Waals surface area contributed by atoms with Crippen LogP contribution in [0, 0.1) is 0 Å². The van der Waals surface area contributed by atoms with Crippen molar-refractivity contribution in [2.45, 2.75) is 6.61 Å². The first kappa shape index (κ1) is 16.2. The summed E-state index contributed by atoms with van der Waals surface area (Å²) in [5.74, 6) is -0.0145. The van der Waals surface area contributed by atoms with E-state index in [2.05, 4.69) is 4.98 Å². The monoisotopic (exact) mass is 365 g/mol. The Morgan fingerprint density at radius 1 is 1.23 bits per heavy atom. The Morgan fingerprint density at radius 2 is 2.04 bits per heavy atom. The summed E-state index contributed by atoms with van der Waals surface area (Å²) in [6, 6.07) is 14.4. The van der Waals surface area contributed by atoms with E-state index in [1.807, 2.05) is 34.9 Å². The second kappa shape index (κ2) is 6.53. The number of primary amides is 1. The van der Waals surface area contributed by atoms with Crippen LogP contribution in [0.5, 0.6) is 11.5 Å². The number of nitrogens with two attached hydrogens (primary N) is 1. The molecule has 0 aliphatic rings. The van der Waals surface area contributed by atoms with E-state index in [1.54, 1.807) is 30.5 Å². The average molecular weight is 365 g/mol. The Bertz CT molecular complexity index is 1100. The number of aromatic hydroxyl groups is 1. The van der Waals surface area contributed by atoms with Gasteiger partial charge in [-0.2, -0.15) is 0 Å². The van der Waals surface area contributed by atoms with E-state index < -0.39 is 5.91 Å². The van der Waals surface area contributed by atoms with Crippen molar-refractivity contribution >= 4 is 22.9 Å². The minimum Gasteiger partial charge on any atom is -0.508 e. The largest absolute Gasteiger partial charge is 0.508 e. The third-order valence-electron chi connectivity index (χ3n) is 3.97. The molecule has 1 amide bonds. The minimum absolute atomic E-state index is 0.135. The molecule has 26 heavy (non-hydrogen) atoms. The summed E-state index contributed by atoms with van der Waals surface area (Å²) < 4.78 is 7.71. The maximum atomic E-state index is 11.8. The van der Waals surface area contributed by atoms with E-state index in [-0.39, 0.29) is 12.4 Å². The van der Waals surface area contributed by atoms with Crippen LogP contribution in [0.1, 0.15) is 15.2 Å². The molecule has 3 heterocycles. The van der Waals surface area contributed by atoms with Crippen LogP contribution >= 0.6 is 11.3 Å². The van der Waals surface area contributed by atoms with E-state index in [0.29, 0.717) is 16.2 Å². The van der Waals surface area contributed by atoms with Crippen molar-refractivity contribution in [1.29, 1.82) is 0 Å². The lowest BCUT2D eigenvalue weighted by molar-refractivity contribution is 0.1000. The predicted molar refractivity (Wildman–Crippen MR) is 99.5 cm³/mol. The fourth-order valence-electron chi connectivity index (χ4n) is 2.68. The van der Waals surface area contributed by atoms with Gasteiger partial charge in [-0.3, -0.25) is 9.20 Å². The van der Waals surface area contributed by atoms with Crippen LogP contribution in [0.3, 0.4) is 0 Å². The number of hydrogen-bond donors (Lipinski definition) is 2. The number of rotatable bonds is 5. The topological polar surface area (TPSA) is 89.9 Å². The van der Waals surface area contributed by atoms with Crippen LogP contribution in [-0.4, -0.2) is 20.4 Å². The SMILES string of the molecule is NC(=O)c1sc(-c2cnc3ccccn23)cc1OCc1ccccc1O. The summed E-state index contributed by atoms with van der Waals surface area (Å²) >= 11 is 1.26. The van der Waals surface area contributed by atoms with Crippen molar-refractivity contribution in [2.24, 2.45) is 5.73 Å². The number of ether oxygens (including phenoxy) is 1. The number of imidazole rings is 1. The first-order valence-electron chi connectivity index (χ1n) is 7.89. The van der Waals surface area contributed by atoms with Gasteiger partial charge in [0.15, 0.2) is 0 Å². The lowest BCUT2D eigenvalue weighted by Gasteiger charge is -2.07. The number of hydrogen-bond acceptors (Lipinski definition) is 5. The Morgan fingerprint density at radius 3 is 2.85 bits per heavy atom. The number of para-hydroxylation sites is 1. The fraction of sp³-hybridized carbons (Fsp3) is 0.0526. The van der Waals surface area contributed by atoms with Gasteiger partial charge in [0.25, 0.3) is 5.91 Å². The molecule has 0 bridgehead atoms. The molecule has 3 aromatic heterocycles. The third-order valence-corrected chi connectivity index (χ3v) is 5.12. The van der Waals surface area contributed by atoms with Crippen LogP contribution < -0.4 is 10.5 Å². The van der Waals surface area contributed by atoms with Crippen LogP contribution in [0.15, 0.2) is 60.9 Å². The number of pyridine rings is 1. The first-order chi connectivity index (χ1) is 12.6. The first-order valence-corrected chi connectivity index (χ1v) is 8.71. The Hall–Kier alpha value is -3.32. The number of nitrogens with zero attached hydrogens (tertiary/aromatic N) is 2. The molecule has 3 N–H and O–H groups in total. The van der Waals surface area contributed by atoms with Crippen molar-refractivity contribution in [3.05, 3.63) is 71.4 Å². The lowest BCUT2D eigenvalue weighted by Crippen LogP contribution is -2.10. The molecular formula is C19H15N3O3S. The zero-order valence-electron chi connectivity index (χ0n) is 13.6. The number of carbonyl (C=O) groups is 1. The molecule has 130 valence electrons. The molecule has 0 saturated heterocycles. The van der Waals surface area contributed by atoms with Crippen molar-refractivity contribution in [1.82, 2.24) is 9.38 Å². The molecule has 0 fully saturated rings. The van der Waals surface area contributed by atoms with Crippen LogP contribution in [-0.2, 0) is 6.61 Å². The molecular weight excluding hydrogens is 350 g/mol. The third kappa shape index (κ3) is 2.89. The molecule has 0 aliphatic heterocycles. The summed E-state index contributed by atoms with van der Waals surface area (Å²) in [4.78, 5) is 17.3. The summed E-state index contributed by atoms with van der Waals surface area (Å²) in [7, 11) is 0. The highest BCUT2D eigenvalue weighted by molar-refractivity contribution is 7.17. The van der Waals surface area contributed by atoms with Crippen LogP contribution in [0.4, 0.5) is 0 Å².